The molecular weight excluding hydrogens is 464 g/mol. The molecule has 1 aliphatic carbocycles. The lowest BCUT2D eigenvalue weighted by Crippen LogP contribution is -2.37. The number of carbonyl (C=O) groups excluding carboxylic acids is 2. The number of hydrogen-bond donors (Lipinski definition) is 1. The zero-order valence-electron chi connectivity index (χ0n) is 21.3. The van der Waals surface area contributed by atoms with Gasteiger partial charge in [-0.1, -0.05) is 48.5 Å². The minimum Gasteiger partial charge on any atom is -0.478 e. The number of hydrogen-bond acceptors (Lipinski definition) is 4. The number of aliphatic carboxylic acids is 1. The molecule has 1 amide bonds. The smallest absolute Gasteiger partial charge is 0.328 e. The Bertz CT molecular complexity index is 1280. The van der Waals surface area contributed by atoms with Gasteiger partial charge in [0.2, 0.25) is 5.91 Å². The second kappa shape index (κ2) is 11.7. The van der Waals surface area contributed by atoms with Gasteiger partial charge in [-0.15, -0.1) is 0 Å². The molecule has 3 aromatic rings. The van der Waals surface area contributed by atoms with Gasteiger partial charge in [0.15, 0.2) is 0 Å². The van der Waals surface area contributed by atoms with Gasteiger partial charge in [0.25, 0.3) is 0 Å². The molecule has 190 valence electrons. The van der Waals surface area contributed by atoms with Gasteiger partial charge in [-0.2, -0.15) is 0 Å². The van der Waals surface area contributed by atoms with Crippen LogP contribution in [-0.2, 0) is 20.9 Å². The first-order valence-corrected chi connectivity index (χ1v) is 12.5. The maximum atomic E-state index is 13.7. The first-order chi connectivity index (χ1) is 17.8. The minimum absolute atomic E-state index is 0.00443. The summed E-state index contributed by atoms with van der Waals surface area (Å²) in [6.07, 6.45) is 4.61. The van der Waals surface area contributed by atoms with Crippen LogP contribution in [0.1, 0.15) is 36.8 Å². The zero-order chi connectivity index (χ0) is 26.4. The number of ketones is 1. The first-order valence-electron chi connectivity index (χ1n) is 12.5. The summed E-state index contributed by atoms with van der Waals surface area (Å²) in [6, 6.07) is 23.9. The van der Waals surface area contributed by atoms with E-state index in [9.17, 15) is 14.4 Å². The Kier molecular flexibility index (Phi) is 8.18. The Hall–Kier alpha value is -4.19. The van der Waals surface area contributed by atoms with E-state index in [1.54, 1.807) is 11.0 Å². The third-order valence-corrected chi connectivity index (χ3v) is 6.77. The highest BCUT2D eigenvalue weighted by Gasteiger charge is 2.29. The SMILES string of the molecule is CN(C)c1ccc(-c2ccc(CN(C(=O)C3CCC(=O)CC3)c3cccc(/C=C/C(=O)O)c3)cc2)cc1. The summed E-state index contributed by atoms with van der Waals surface area (Å²) < 4.78 is 0. The van der Waals surface area contributed by atoms with Crippen LogP contribution in [0.25, 0.3) is 17.2 Å². The first kappa shape index (κ1) is 25.9. The number of rotatable bonds is 8. The Morgan fingerprint density at radius 2 is 1.51 bits per heavy atom. The summed E-state index contributed by atoms with van der Waals surface area (Å²) in [6.45, 7) is 0.384. The van der Waals surface area contributed by atoms with Crippen molar-refractivity contribution in [3.8, 4) is 11.1 Å². The van der Waals surface area contributed by atoms with Gasteiger partial charge < -0.3 is 14.9 Å². The van der Waals surface area contributed by atoms with Crippen LogP contribution >= 0.6 is 0 Å². The number of carboxylic acids is 1. The number of carboxylic acid groups (broad SMARTS) is 1. The molecule has 0 radical (unpaired) electrons. The van der Waals surface area contributed by atoms with Crippen LogP contribution in [0.2, 0.25) is 0 Å². The van der Waals surface area contributed by atoms with E-state index in [0.717, 1.165) is 28.5 Å². The van der Waals surface area contributed by atoms with Crippen LogP contribution in [-0.4, -0.2) is 36.9 Å². The standard InChI is InChI=1S/C31H32N2O4/c1-32(2)27-15-11-25(12-16-27)24-9-6-23(7-10-24)21-33(31(37)26-13-17-29(34)18-14-26)28-5-3-4-22(20-28)8-19-30(35)36/h3-12,15-16,19-20,26H,13-14,17-18,21H2,1-2H3,(H,35,36)/b19-8+. The van der Waals surface area contributed by atoms with E-state index in [1.807, 2.05) is 44.4 Å². The number of carbonyl (C=O) groups is 3. The third kappa shape index (κ3) is 6.73. The summed E-state index contributed by atoms with van der Waals surface area (Å²) in [7, 11) is 4.03. The lowest BCUT2D eigenvalue weighted by atomic mass is 9.87. The van der Waals surface area contributed by atoms with E-state index >= 15 is 0 Å². The molecule has 4 rings (SSSR count). The molecule has 0 saturated heterocycles. The predicted octanol–water partition coefficient (Wildman–Crippen LogP) is 5.81. The second-order valence-corrected chi connectivity index (χ2v) is 9.64. The lowest BCUT2D eigenvalue weighted by molar-refractivity contribution is -0.131. The van der Waals surface area contributed by atoms with Crippen molar-refractivity contribution in [2.24, 2.45) is 5.92 Å². The molecule has 1 fully saturated rings. The van der Waals surface area contributed by atoms with E-state index in [4.69, 9.17) is 5.11 Å². The van der Waals surface area contributed by atoms with Crippen LogP contribution < -0.4 is 9.80 Å². The Morgan fingerprint density at radius 3 is 2.11 bits per heavy atom. The summed E-state index contributed by atoms with van der Waals surface area (Å²) in [5.41, 5.74) is 5.75. The predicted molar refractivity (Wildman–Crippen MR) is 147 cm³/mol. The molecule has 3 aromatic carbocycles. The van der Waals surface area contributed by atoms with Gasteiger partial charge >= 0.3 is 5.97 Å². The number of Topliss-reactive ketones (excluding diaryl/α,β-unsaturated/α-hetero) is 1. The molecule has 0 atom stereocenters. The molecule has 37 heavy (non-hydrogen) atoms. The van der Waals surface area contributed by atoms with E-state index in [-0.39, 0.29) is 17.6 Å². The molecule has 6 heteroatoms. The molecule has 0 aromatic heterocycles. The number of benzene rings is 3. The van der Waals surface area contributed by atoms with Crippen LogP contribution in [0.4, 0.5) is 11.4 Å². The average Bonchev–Trinajstić information content (AvgIpc) is 2.91. The molecule has 1 aliphatic rings. The average molecular weight is 497 g/mol. The molecule has 0 aliphatic heterocycles. The number of anilines is 2. The van der Waals surface area contributed by atoms with Crippen molar-refractivity contribution in [3.05, 3.63) is 90.0 Å². The highest BCUT2D eigenvalue weighted by molar-refractivity contribution is 5.96. The van der Waals surface area contributed by atoms with Crippen LogP contribution in [0.5, 0.6) is 0 Å². The van der Waals surface area contributed by atoms with Gasteiger partial charge in [0.05, 0.1) is 6.54 Å². The monoisotopic (exact) mass is 496 g/mol. The fourth-order valence-electron chi connectivity index (χ4n) is 4.60. The summed E-state index contributed by atoms with van der Waals surface area (Å²) in [4.78, 5) is 40.2. The van der Waals surface area contributed by atoms with Crippen molar-refractivity contribution >= 4 is 35.1 Å². The molecule has 0 unspecified atom stereocenters. The topological polar surface area (TPSA) is 77.9 Å². The molecule has 1 saturated carbocycles. The van der Waals surface area contributed by atoms with Gasteiger partial charge in [-0.3, -0.25) is 9.59 Å². The van der Waals surface area contributed by atoms with Crippen molar-refractivity contribution < 1.29 is 19.5 Å². The van der Waals surface area contributed by atoms with Gasteiger partial charge in [-0.25, -0.2) is 4.79 Å². The Labute approximate surface area is 217 Å². The fourth-order valence-corrected chi connectivity index (χ4v) is 4.60. The van der Waals surface area contributed by atoms with E-state index in [2.05, 4.69) is 41.3 Å². The largest absolute Gasteiger partial charge is 0.478 e. The second-order valence-electron chi connectivity index (χ2n) is 9.64. The quantitative estimate of drug-likeness (QED) is 0.398. The van der Waals surface area contributed by atoms with Crippen molar-refractivity contribution in [1.29, 1.82) is 0 Å². The van der Waals surface area contributed by atoms with E-state index in [0.29, 0.717) is 43.5 Å². The molecule has 1 N–H and O–H groups in total. The minimum atomic E-state index is -1.03. The van der Waals surface area contributed by atoms with E-state index in [1.165, 1.54) is 6.08 Å². The maximum absolute atomic E-state index is 13.7. The van der Waals surface area contributed by atoms with Crippen LogP contribution in [0.3, 0.4) is 0 Å². The third-order valence-electron chi connectivity index (χ3n) is 6.77. The molecule has 0 heterocycles. The summed E-state index contributed by atoms with van der Waals surface area (Å²) in [5.74, 6) is -1.02. The zero-order valence-corrected chi connectivity index (χ0v) is 21.3. The molecule has 0 bridgehead atoms. The van der Waals surface area contributed by atoms with Gasteiger partial charge in [0, 0.05) is 50.3 Å². The van der Waals surface area contributed by atoms with Crippen molar-refractivity contribution in [2.45, 2.75) is 32.2 Å². The maximum Gasteiger partial charge on any atom is 0.328 e. The Balaban J connectivity index is 1.59. The molecule has 0 spiro atoms. The van der Waals surface area contributed by atoms with Crippen molar-refractivity contribution in [3.63, 3.8) is 0 Å². The Morgan fingerprint density at radius 1 is 0.892 bits per heavy atom. The van der Waals surface area contributed by atoms with Gasteiger partial charge in [-0.05, 0) is 65.4 Å². The molecular formula is C31H32N2O4. The number of amides is 1. The highest BCUT2D eigenvalue weighted by atomic mass is 16.4. The number of nitrogens with zero attached hydrogens (tertiary/aromatic N) is 2. The van der Waals surface area contributed by atoms with Crippen LogP contribution in [0, 0.1) is 5.92 Å². The lowest BCUT2D eigenvalue weighted by Gasteiger charge is -2.29. The van der Waals surface area contributed by atoms with Crippen LogP contribution in [0.15, 0.2) is 78.9 Å². The summed E-state index contributed by atoms with van der Waals surface area (Å²) in [5, 5.41) is 8.99. The summed E-state index contributed by atoms with van der Waals surface area (Å²) >= 11 is 0. The highest BCUT2D eigenvalue weighted by Crippen LogP contribution is 2.29. The van der Waals surface area contributed by atoms with E-state index < -0.39 is 5.97 Å². The normalized spacial score (nSPS) is 14.1. The molecule has 6 nitrogen and oxygen atoms in total. The fraction of sp³-hybridized carbons (Fsp3) is 0.258. The van der Waals surface area contributed by atoms with Crippen molar-refractivity contribution in [1.82, 2.24) is 0 Å². The van der Waals surface area contributed by atoms with Gasteiger partial charge in [0.1, 0.15) is 5.78 Å². The van der Waals surface area contributed by atoms with Crippen molar-refractivity contribution in [2.75, 3.05) is 23.9 Å².